The highest BCUT2D eigenvalue weighted by atomic mass is 32.2. The average Bonchev–Trinajstić information content (AvgIpc) is 2.64. The first-order valence-electron chi connectivity index (χ1n) is 9.16. The van der Waals surface area contributed by atoms with E-state index in [0.29, 0.717) is 16.8 Å². The first-order valence-corrected chi connectivity index (χ1v) is 10.6. The van der Waals surface area contributed by atoms with Gasteiger partial charge in [0.15, 0.2) is 5.96 Å². The molecular weight excluding hydrogens is 412 g/mol. The van der Waals surface area contributed by atoms with Crippen LogP contribution in [-0.4, -0.2) is 56.9 Å². The zero-order valence-corrected chi connectivity index (χ0v) is 17.4. The maximum Gasteiger partial charge on any atom is 0.511 e. The van der Waals surface area contributed by atoms with Crippen LogP contribution in [0.5, 0.6) is 0 Å². The van der Waals surface area contributed by atoms with E-state index in [0.717, 1.165) is 5.56 Å². The van der Waals surface area contributed by atoms with Crippen LogP contribution in [0.2, 0.25) is 0 Å². The smallest absolute Gasteiger partial charge is 0.356 e. The van der Waals surface area contributed by atoms with E-state index in [-0.39, 0.29) is 37.8 Å². The molecule has 1 fully saturated rings. The van der Waals surface area contributed by atoms with Crippen LogP contribution in [0, 0.1) is 5.82 Å². The quantitative estimate of drug-likeness (QED) is 0.421. The van der Waals surface area contributed by atoms with Gasteiger partial charge in [0.05, 0.1) is 0 Å². The summed E-state index contributed by atoms with van der Waals surface area (Å²) in [6.07, 6.45) is 0.451. The standard InChI is InChI=1S/C18H26F4N4O2S/c1-17(2,13-5-4-6-14(19)11-13)12-24-16(23-3)25-15-7-9-26(10-8-15)29(27,28)18(20,21)22/h4-6,11,15H,7-10,12H2,1-3H3,(H2,23,24,25). The Bertz CT molecular complexity index is 833. The predicted octanol–water partition coefficient (Wildman–Crippen LogP) is 2.58. The van der Waals surface area contributed by atoms with E-state index in [1.165, 1.54) is 12.1 Å². The number of piperidine rings is 1. The Morgan fingerprint density at radius 1 is 1.24 bits per heavy atom. The lowest BCUT2D eigenvalue weighted by molar-refractivity contribution is -0.0494. The highest BCUT2D eigenvalue weighted by molar-refractivity contribution is 7.90. The number of alkyl halides is 3. The van der Waals surface area contributed by atoms with Crippen molar-refractivity contribution in [3.63, 3.8) is 0 Å². The first-order chi connectivity index (χ1) is 13.4. The number of hydrogen-bond donors (Lipinski definition) is 2. The molecular formula is C18H26F4N4O2S. The molecule has 0 unspecified atom stereocenters. The van der Waals surface area contributed by atoms with E-state index in [9.17, 15) is 26.0 Å². The molecule has 0 radical (unpaired) electrons. The van der Waals surface area contributed by atoms with E-state index >= 15 is 0 Å². The maximum atomic E-state index is 13.5. The molecule has 11 heteroatoms. The van der Waals surface area contributed by atoms with Gasteiger partial charge in [0.25, 0.3) is 0 Å². The Morgan fingerprint density at radius 3 is 2.38 bits per heavy atom. The van der Waals surface area contributed by atoms with Gasteiger partial charge in [0.2, 0.25) is 0 Å². The van der Waals surface area contributed by atoms with Gasteiger partial charge in [-0.15, -0.1) is 0 Å². The Balaban J connectivity index is 1.90. The van der Waals surface area contributed by atoms with Gasteiger partial charge in [-0.05, 0) is 30.5 Å². The van der Waals surface area contributed by atoms with E-state index in [2.05, 4.69) is 15.6 Å². The summed E-state index contributed by atoms with van der Waals surface area (Å²) in [5.74, 6) is 0.130. The molecule has 0 bridgehead atoms. The van der Waals surface area contributed by atoms with Gasteiger partial charge >= 0.3 is 15.5 Å². The molecule has 1 saturated heterocycles. The third kappa shape index (κ3) is 5.81. The van der Waals surface area contributed by atoms with Crippen molar-refractivity contribution in [1.82, 2.24) is 14.9 Å². The van der Waals surface area contributed by atoms with Crippen molar-refractivity contribution in [2.24, 2.45) is 4.99 Å². The monoisotopic (exact) mass is 438 g/mol. The lowest BCUT2D eigenvalue weighted by atomic mass is 9.84. The van der Waals surface area contributed by atoms with Crippen LogP contribution in [0.4, 0.5) is 17.6 Å². The number of sulfonamides is 1. The number of guanidine groups is 1. The summed E-state index contributed by atoms with van der Waals surface area (Å²) < 4.78 is 74.9. The molecule has 0 amide bonds. The zero-order valence-electron chi connectivity index (χ0n) is 16.6. The third-order valence-corrected chi connectivity index (χ3v) is 6.58. The van der Waals surface area contributed by atoms with Crippen molar-refractivity contribution in [3.8, 4) is 0 Å². The number of nitrogens with zero attached hydrogens (tertiary/aromatic N) is 2. The minimum atomic E-state index is -5.29. The van der Waals surface area contributed by atoms with Crippen LogP contribution in [0.15, 0.2) is 29.3 Å². The molecule has 0 spiro atoms. The highest BCUT2D eigenvalue weighted by Gasteiger charge is 2.50. The van der Waals surface area contributed by atoms with Gasteiger partial charge in [0, 0.05) is 38.1 Å². The van der Waals surface area contributed by atoms with Gasteiger partial charge in [-0.25, -0.2) is 12.8 Å². The number of halogens is 4. The second-order valence-corrected chi connectivity index (χ2v) is 9.52. The SMILES string of the molecule is CN=C(NCC(C)(C)c1cccc(F)c1)NC1CCN(S(=O)(=O)C(F)(F)F)CC1. The molecule has 164 valence electrons. The molecule has 1 aromatic carbocycles. The fourth-order valence-corrected chi connectivity index (χ4v) is 4.08. The lowest BCUT2D eigenvalue weighted by Crippen LogP contribution is -2.52. The van der Waals surface area contributed by atoms with Gasteiger partial charge in [-0.2, -0.15) is 17.5 Å². The number of hydrogen-bond acceptors (Lipinski definition) is 3. The van der Waals surface area contributed by atoms with Crippen LogP contribution in [0.25, 0.3) is 0 Å². The average molecular weight is 438 g/mol. The highest BCUT2D eigenvalue weighted by Crippen LogP contribution is 2.29. The summed E-state index contributed by atoms with van der Waals surface area (Å²) in [6.45, 7) is 3.90. The maximum absolute atomic E-state index is 13.5. The van der Waals surface area contributed by atoms with E-state index < -0.39 is 20.9 Å². The molecule has 1 heterocycles. The number of nitrogens with one attached hydrogen (secondary N) is 2. The van der Waals surface area contributed by atoms with Crippen LogP contribution in [0.1, 0.15) is 32.3 Å². The Labute approximate surface area is 168 Å². The number of benzene rings is 1. The second kappa shape index (κ2) is 8.86. The molecule has 2 rings (SSSR count). The zero-order chi connectivity index (χ0) is 21.9. The summed E-state index contributed by atoms with van der Waals surface area (Å²) in [6, 6.07) is 6.10. The summed E-state index contributed by atoms with van der Waals surface area (Å²) in [4.78, 5) is 4.11. The van der Waals surface area contributed by atoms with Crippen molar-refractivity contribution >= 4 is 16.0 Å². The summed E-state index contributed by atoms with van der Waals surface area (Å²) in [5.41, 5.74) is -4.87. The van der Waals surface area contributed by atoms with Crippen molar-refractivity contribution < 1.29 is 26.0 Å². The van der Waals surface area contributed by atoms with Gasteiger partial charge < -0.3 is 10.6 Å². The van der Waals surface area contributed by atoms with Crippen molar-refractivity contribution in [2.45, 2.75) is 43.7 Å². The molecule has 0 atom stereocenters. The second-order valence-electron chi connectivity index (χ2n) is 7.59. The minimum absolute atomic E-state index is 0.210. The van der Waals surface area contributed by atoms with E-state index in [1.807, 2.05) is 19.9 Å². The molecule has 1 aliphatic heterocycles. The van der Waals surface area contributed by atoms with Gasteiger partial charge in [-0.1, -0.05) is 26.0 Å². The molecule has 1 aromatic rings. The largest absolute Gasteiger partial charge is 0.511 e. The van der Waals surface area contributed by atoms with Crippen LogP contribution < -0.4 is 10.6 Å². The van der Waals surface area contributed by atoms with Crippen LogP contribution >= 0.6 is 0 Å². The van der Waals surface area contributed by atoms with Crippen LogP contribution in [-0.2, 0) is 15.4 Å². The third-order valence-electron chi connectivity index (χ3n) is 4.95. The summed E-state index contributed by atoms with van der Waals surface area (Å²) in [5, 5.41) is 6.26. The topological polar surface area (TPSA) is 73.8 Å². The predicted molar refractivity (Wildman–Crippen MR) is 103 cm³/mol. The first kappa shape index (κ1) is 23.4. The Hall–Kier alpha value is -1.88. The molecule has 0 aromatic heterocycles. The van der Waals surface area contributed by atoms with E-state index in [1.54, 1.807) is 13.1 Å². The van der Waals surface area contributed by atoms with Crippen molar-refractivity contribution in [2.75, 3.05) is 26.7 Å². The minimum Gasteiger partial charge on any atom is -0.356 e. The van der Waals surface area contributed by atoms with Crippen LogP contribution in [0.3, 0.4) is 0 Å². The molecule has 0 aliphatic carbocycles. The van der Waals surface area contributed by atoms with E-state index in [4.69, 9.17) is 0 Å². The number of aliphatic imine (C=N–C) groups is 1. The summed E-state index contributed by atoms with van der Waals surface area (Å²) >= 11 is 0. The van der Waals surface area contributed by atoms with Crippen molar-refractivity contribution in [3.05, 3.63) is 35.6 Å². The number of rotatable bonds is 5. The summed E-state index contributed by atoms with van der Waals surface area (Å²) in [7, 11) is -3.73. The molecule has 6 nitrogen and oxygen atoms in total. The van der Waals surface area contributed by atoms with Gasteiger partial charge in [0.1, 0.15) is 5.82 Å². The molecule has 0 saturated carbocycles. The normalized spacial score (nSPS) is 18.0. The Kier molecular flexibility index (Phi) is 7.15. The van der Waals surface area contributed by atoms with Crippen molar-refractivity contribution in [1.29, 1.82) is 0 Å². The molecule has 29 heavy (non-hydrogen) atoms. The lowest BCUT2D eigenvalue weighted by Gasteiger charge is -2.33. The molecule has 1 aliphatic rings. The fourth-order valence-electron chi connectivity index (χ4n) is 3.09. The molecule has 2 N–H and O–H groups in total. The van der Waals surface area contributed by atoms with Gasteiger partial charge in [-0.3, -0.25) is 4.99 Å². The Morgan fingerprint density at radius 2 is 1.86 bits per heavy atom. The fraction of sp³-hybridized carbons (Fsp3) is 0.611.